The summed E-state index contributed by atoms with van der Waals surface area (Å²) in [6.07, 6.45) is -0.142. The average Bonchev–Trinajstić information content (AvgIpc) is 3.08. The molecule has 1 aromatic heterocycles. The Kier molecular flexibility index (Phi) is 5.08. The molecule has 28 heavy (non-hydrogen) atoms. The number of para-hydroxylation sites is 1. The van der Waals surface area contributed by atoms with E-state index >= 15 is 0 Å². The van der Waals surface area contributed by atoms with E-state index in [1.165, 1.54) is 6.07 Å². The van der Waals surface area contributed by atoms with Gasteiger partial charge in [0.15, 0.2) is 0 Å². The van der Waals surface area contributed by atoms with E-state index in [0.717, 1.165) is 0 Å². The predicted octanol–water partition coefficient (Wildman–Crippen LogP) is 3.23. The van der Waals surface area contributed by atoms with Crippen molar-refractivity contribution in [2.24, 2.45) is 0 Å². The fourth-order valence-electron chi connectivity index (χ4n) is 3.23. The molecule has 144 valence electrons. The first-order valence-electron chi connectivity index (χ1n) is 9.05. The number of fused-ring (bicyclic) bond motifs is 1. The third kappa shape index (κ3) is 3.61. The number of ether oxygens (including phenoxy) is 1. The van der Waals surface area contributed by atoms with Gasteiger partial charge in [0.25, 0.3) is 5.91 Å². The van der Waals surface area contributed by atoms with Gasteiger partial charge >= 0.3 is 0 Å². The lowest BCUT2D eigenvalue weighted by Crippen LogP contribution is -2.40. The molecule has 1 aliphatic rings. The van der Waals surface area contributed by atoms with Gasteiger partial charge < -0.3 is 19.4 Å². The Balaban J connectivity index is 1.64. The van der Waals surface area contributed by atoms with Crippen molar-refractivity contribution in [3.63, 3.8) is 0 Å². The summed E-state index contributed by atoms with van der Waals surface area (Å²) < 4.78 is 24.9. The van der Waals surface area contributed by atoms with Crippen LogP contribution in [-0.4, -0.2) is 43.0 Å². The number of furan rings is 1. The molecule has 1 saturated heterocycles. The van der Waals surface area contributed by atoms with Crippen molar-refractivity contribution in [1.29, 1.82) is 0 Å². The zero-order valence-electron chi connectivity index (χ0n) is 15.1. The van der Waals surface area contributed by atoms with Crippen LogP contribution >= 0.6 is 0 Å². The number of benzene rings is 2. The standard InChI is InChI=1S/C21H19FN2O4/c22-16-7-3-1-5-14(16)13-18(25)23-19-15-6-2-4-8-17(15)28-20(19)21(26)24-9-11-27-12-10-24/h1-8H,9-13H2,(H,23,25). The lowest BCUT2D eigenvalue weighted by atomic mass is 10.1. The highest BCUT2D eigenvalue weighted by molar-refractivity contribution is 6.11. The van der Waals surface area contributed by atoms with E-state index in [1.807, 2.05) is 0 Å². The molecule has 0 aliphatic carbocycles. The van der Waals surface area contributed by atoms with Crippen LogP contribution in [0.3, 0.4) is 0 Å². The van der Waals surface area contributed by atoms with Gasteiger partial charge in [-0.1, -0.05) is 30.3 Å². The molecule has 7 heteroatoms. The molecule has 0 radical (unpaired) electrons. The molecular weight excluding hydrogens is 363 g/mol. The number of hydrogen-bond donors (Lipinski definition) is 1. The van der Waals surface area contributed by atoms with E-state index in [9.17, 15) is 14.0 Å². The lowest BCUT2D eigenvalue weighted by molar-refractivity contribution is -0.115. The molecule has 0 saturated carbocycles. The molecular formula is C21H19FN2O4. The first kappa shape index (κ1) is 18.2. The number of morpholine rings is 1. The number of amides is 2. The molecule has 1 fully saturated rings. The monoisotopic (exact) mass is 382 g/mol. The number of anilines is 1. The van der Waals surface area contributed by atoms with Gasteiger partial charge in [0.2, 0.25) is 11.7 Å². The second kappa shape index (κ2) is 7.82. The van der Waals surface area contributed by atoms with Crippen LogP contribution in [0.5, 0.6) is 0 Å². The number of halogens is 1. The van der Waals surface area contributed by atoms with Crippen LogP contribution in [0.4, 0.5) is 10.1 Å². The van der Waals surface area contributed by atoms with E-state index in [2.05, 4.69) is 5.32 Å². The molecule has 6 nitrogen and oxygen atoms in total. The second-order valence-electron chi connectivity index (χ2n) is 6.52. The largest absolute Gasteiger partial charge is 0.449 e. The van der Waals surface area contributed by atoms with Crippen molar-refractivity contribution in [3.8, 4) is 0 Å². The van der Waals surface area contributed by atoms with Crippen LogP contribution in [0.1, 0.15) is 16.1 Å². The third-order valence-corrected chi connectivity index (χ3v) is 4.66. The van der Waals surface area contributed by atoms with Gasteiger partial charge in [0.1, 0.15) is 17.1 Å². The van der Waals surface area contributed by atoms with Gasteiger partial charge in [-0.05, 0) is 23.8 Å². The van der Waals surface area contributed by atoms with E-state index in [-0.39, 0.29) is 23.7 Å². The second-order valence-corrected chi connectivity index (χ2v) is 6.52. The zero-order valence-corrected chi connectivity index (χ0v) is 15.1. The van der Waals surface area contributed by atoms with Gasteiger partial charge in [-0.25, -0.2) is 4.39 Å². The van der Waals surface area contributed by atoms with Crippen molar-refractivity contribution in [2.45, 2.75) is 6.42 Å². The van der Waals surface area contributed by atoms with E-state index in [0.29, 0.717) is 43.0 Å². The summed E-state index contributed by atoms with van der Waals surface area (Å²) in [6, 6.07) is 13.2. The predicted molar refractivity (Wildman–Crippen MR) is 102 cm³/mol. The highest BCUT2D eigenvalue weighted by Crippen LogP contribution is 2.32. The number of hydrogen-bond acceptors (Lipinski definition) is 4. The Morgan fingerprint density at radius 3 is 2.54 bits per heavy atom. The summed E-state index contributed by atoms with van der Waals surface area (Å²) in [6.45, 7) is 1.83. The topological polar surface area (TPSA) is 71.8 Å². The maximum atomic E-state index is 13.9. The van der Waals surface area contributed by atoms with Crippen molar-refractivity contribution < 1.29 is 23.1 Å². The molecule has 0 spiro atoms. The maximum absolute atomic E-state index is 13.9. The Morgan fingerprint density at radius 2 is 1.75 bits per heavy atom. The van der Waals surface area contributed by atoms with Crippen molar-refractivity contribution in [1.82, 2.24) is 4.90 Å². The minimum atomic E-state index is -0.445. The number of carbonyl (C=O) groups is 2. The van der Waals surface area contributed by atoms with Gasteiger partial charge in [0.05, 0.1) is 19.6 Å². The van der Waals surface area contributed by atoms with Crippen molar-refractivity contribution in [2.75, 3.05) is 31.6 Å². The molecule has 2 amide bonds. The summed E-state index contributed by atoms with van der Waals surface area (Å²) in [5.41, 5.74) is 1.10. The highest BCUT2D eigenvalue weighted by atomic mass is 19.1. The smallest absolute Gasteiger partial charge is 0.291 e. The number of carbonyl (C=O) groups excluding carboxylic acids is 2. The maximum Gasteiger partial charge on any atom is 0.291 e. The highest BCUT2D eigenvalue weighted by Gasteiger charge is 2.27. The average molecular weight is 382 g/mol. The zero-order chi connectivity index (χ0) is 19.5. The fraction of sp³-hybridized carbons (Fsp3) is 0.238. The van der Waals surface area contributed by atoms with E-state index in [4.69, 9.17) is 9.15 Å². The van der Waals surface area contributed by atoms with E-state index < -0.39 is 11.7 Å². The van der Waals surface area contributed by atoms with Gasteiger partial charge in [-0.15, -0.1) is 0 Å². The molecule has 1 aliphatic heterocycles. The molecule has 3 aromatic rings. The van der Waals surface area contributed by atoms with Crippen LogP contribution in [0.15, 0.2) is 52.9 Å². The normalized spacial score (nSPS) is 14.2. The van der Waals surface area contributed by atoms with E-state index in [1.54, 1.807) is 47.4 Å². The minimum absolute atomic E-state index is 0.0741. The number of rotatable bonds is 4. The van der Waals surface area contributed by atoms with Crippen LogP contribution in [0.25, 0.3) is 11.0 Å². The summed E-state index contributed by atoms with van der Waals surface area (Å²) in [7, 11) is 0. The number of nitrogens with zero attached hydrogens (tertiary/aromatic N) is 1. The third-order valence-electron chi connectivity index (χ3n) is 4.66. The van der Waals surface area contributed by atoms with Gasteiger partial charge in [-0.3, -0.25) is 9.59 Å². The molecule has 0 atom stereocenters. The lowest BCUT2D eigenvalue weighted by Gasteiger charge is -2.26. The molecule has 2 aromatic carbocycles. The Morgan fingerprint density at radius 1 is 1.04 bits per heavy atom. The quantitative estimate of drug-likeness (QED) is 0.752. The van der Waals surface area contributed by atoms with Gasteiger partial charge in [-0.2, -0.15) is 0 Å². The summed E-state index contributed by atoms with van der Waals surface area (Å²) in [5.74, 6) is -1.10. The Bertz CT molecular complexity index is 1020. The molecule has 0 unspecified atom stereocenters. The first-order chi connectivity index (χ1) is 13.6. The van der Waals surface area contributed by atoms with Crippen LogP contribution in [0.2, 0.25) is 0 Å². The molecule has 2 heterocycles. The SMILES string of the molecule is O=C(Cc1ccccc1F)Nc1c(C(=O)N2CCOCC2)oc2ccccc12. The molecule has 4 rings (SSSR count). The Hall–Kier alpha value is -3.19. The summed E-state index contributed by atoms with van der Waals surface area (Å²) in [5, 5.41) is 3.38. The van der Waals surface area contributed by atoms with Crippen molar-refractivity contribution >= 4 is 28.5 Å². The fourth-order valence-corrected chi connectivity index (χ4v) is 3.23. The number of nitrogens with one attached hydrogen (secondary N) is 1. The van der Waals surface area contributed by atoms with Crippen LogP contribution in [-0.2, 0) is 16.0 Å². The summed E-state index contributed by atoms with van der Waals surface area (Å²) >= 11 is 0. The van der Waals surface area contributed by atoms with Gasteiger partial charge in [0, 0.05) is 18.5 Å². The van der Waals surface area contributed by atoms with Crippen LogP contribution < -0.4 is 5.32 Å². The van der Waals surface area contributed by atoms with Crippen LogP contribution in [0, 0.1) is 5.82 Å². The minimum Gasteiger partial charge on any atom is -0.449 e. The van der Waals surface area contributed by atoms with Crippen molar-refractivity contribution in [3.05, 3.63) is 65.7 Å². The molecule has 0 bridgehead atoms. The summed E-state index contributed by atoms with van der Waals surface area (Å²) in [4.78, 5) is 27.1. The Labute approximate surface area is 160 Å². The first-order valence-corrected chi connectivity index (χ1v) is 9.05. The molecule has 1 N–H and O–H groups in total.